The van der Waals surface area contributed by atoms with E-state index in [2.05, 4.69) is 10.3 Å². The number of phenols is 1. The predicted octanol–water partition coefficient (Wildman–Crippen LogP) is 3.55. The summed E-state index contributed by atoms with van der Waals surface area (Å²) in [5, 5.41) is 12.2. The molecule has 0 unspecified atom stereocenters. The number of thioether (sulfide) groups is 1. The van der Waals surface area contributed by atoms with Gasteiger partial charge in [-0.05, 0) is 42.8 Å². The molecule has 0 radical (unpaired) electrons. The molecular weight excluding hydrogens is 342 g/mol. The summed E-state index contributed by atoms with van der Waals surface area (Å²) in [5.41, 5.74) is 8.32. The van der Waals surface area contributed by atoms with E-state index in [0.29, 0.717) is 11.4 Å². The zero-order chi connectivity index (χ0) is 17.1. The second-order valence-corrected chi connectivity index (χ2v) is 7.63. The largest absolute Gasteiger partial charge is 0.508 e. The van der Waals surface area contributed by atoms with E-state index in [1.807, 2.05) is 25.1 Å². The van der Waals surface area contributed by atoms with Gasteiger partial charge in [0.1, 0.15) is 5.75 Å². The van der Waals surface area contributed by atoms with Crippen molar-refractivity contribution in [2.24, 2.45) is 0 Å². The van der Waals surface area contributed by atoms with Crippen molar-refractivity contribution in [3.8, 4) is 5.75 Å². The fourth-order valence-corrected chi connectivity index (χ4v) is 4.17. The number of aromatic hydroxyl groups is 1. The quantitative estimate of drug-likeness (QED) is 0.479. The number of thiazole rings is 1. The van der Waals surface area contributed by atoms with E-state index in [1.54, 1.807) is 24.3 Å². The first-order valence-electron chi connectivity index (χ1n) is 7.38. The molecule has 0 aliphatic carbocycles. The minimum Gasteiger partial charge on any atom is -0.508 e. The van der Waals surface area contributed by atoms with Crippen LogP contribution in [0.1, 0.15) is 18.5 Å². The first-order chi connectivity index (χ1) is 11.5. The lowest BCUT2D eigenvalue weighted by Crippen LogP contribution is -2.28. The van der Waals surface area contributed by atoms with Gasteiger partial charge in [0.25, 0.3) is 0 Å². The van der Waals surface area contributed by atoms with E-state index < -0.39 is 0 Å². The highest BCUT2D eigenvalue weighted by molar-refractivity contribution is 8.01. The Bertz CT molecular complexity index is 862. The molecule has 7 heteroatoms. The summed E-state index contributed by atoms with van der Waals surface area (Å²) >= 11 is 2.95. The van der Waals surface area contributed by atoms with Crippen LogP contribution in [0.2, 0.25) is 0 Å². The summed E-state index contributed by atoms with van der Waals surface area (Å²) in [4.78, 5) is 16.6. The molecule has 0 saturated heterocycles. The van der Waals surface area contributed by atoms with Crippen LogP contribution in [-0.4, -0.2) is 21.8 Å². The van der Waals surface area contributed by atoms with E-state index in [4.69, 9.17) is 5.73 Å². The van der Waals surface area contributed by atoms with Gasteiger partial charge in [0.05, 0.1) is 22.0 Å². The minimum atomic E-state index is -0.117. The monoisotopic (exact) mass is 359 g/mol. The SMILES string of the molecule is C[C@H](NC(=O)CSc1nc2ccc(N)cc2s1)c1ccc(O)cc1. The number of aromatic nitrogens is 1. The van der Waals surface area contributed by atoms with E-state index in [-0.39, 0.29) is 17.7 Å². The Labute approximate surface area is 147 Å². The molecule has 0 fully saturated rings. The van der Waals surface area contributed by atoms with Gasteiger partial charge in [-0.15, -0.1) is 11.3 Å². The maximum absolute atomic E-state index is 12.1. The fraction of sp³-hybridized carbons (Fsp3) is 0.176. The van der Waals surface area contributed by atoms with Crippen molar-refractivity contribution in [3.63, 3.8) is 0 Å². The second kappa shape index (κ2) is 7.11. The van der Waals surface area contributed by atoms with Gasteiger partial charge in [-0.2, -0.15) is 0 Å². The standard InChI is InChI=1S/C17H17N3O2S2/c1-10(11-2-5-13(21)6-3-11)19-16(22)9-23-17-20-14-7-4-12(18)8-15(14)24-17/h2-8,10,21H,9,18H2,1H3,(H,19,22)/t10-/m0/s1. The van der Waals surface area contributed by atoms with Crippen molar-refractivity contribution in [1.82, 2.24) is 10.3 Å². The minimum absolute atomic E-state index is 0.0562. The number of rotatable bonds is 5. The highest BCUT2D eigenvalue weighted by Crippen LogP contribution is 2.30. The van der Waals surface area contributed by atoms with Crippen LogP contribution in [0.4, 0.5) is 5.69 Å². The Morgan fingerprint density at radius 3 is 2.83 bits per heavy atom. The first kappa shape index (κ1) is 16.6. The van der Waals surface area contributed by atoms with Crippen LogP contribution in [0.25, 0.3) is 10.2 Å². The Kier molecular flexibility index (Phi) is 4.92. The molecule has 1 aromatic heterocycles. The van der Waals surface area contributed by atoms with Gasteiger partial charge in [0, 0.05) is 5.69 Å². The van der Waals surface area contributed by atoms with E-state index >= 15 is 0 Å². The van der Waals surface area contributed by atoms with Gasteiger partial charge in [0.15, 0.2) is 4.34 Å². The maximum Gasteiger partial charge on any atom is 0.230 e. The summed E-state index contributed by atoms with van der Waals surface area (Å²) in [7, 11) is 0. The predicted molar refractivity (Wildman–Crippen MR) is 99.4 cm³/mol. The molecule has 1 atom stereocenters. The number of nitrogens with zero attached hydrogens (tertiary/aromatic N) is 1. The van der Waals surface area contributed by atoms with Gasteiger partial charge >= 0.3 is 0 Å². The number of anilines is 1. The lowest BCUT2D eigenvalue weighted by molar-refractivity contribution is -0.119. The molecule has 0 aliphatic heterocycles. The highest BCUT2D eigenvalue weighted by Gasteiger charge is 2.12. The molecule has 5 nitrogen and oxygen atoms in total. The van der Waals surface area contributed by atoms with Gasteiger partial charge in [-0.1, -0.05) is 23.9 Å². The number of fused-ring (bicyclic) bond motifs is 1. The number of nitrogen functional groups attached to an aromatic ring is 1. The Balaban J connectivity index is 1.57. The zero-order valence-electron chi connectivity index (χ0n) is 13.0. The second-order valence-electron chi connectivity index (χ2n) is 5.38. The number of benzene rings is 2. The van der Waals surface area contributed by atoms with Crippen LogP contribution >= 0.6 is 23.1 Å². The topological polar surface area (TPSA) is 88.2 Å². The van der Waals surface area contributed by atoms with Gasteiger partial charge in [0.2, 0.25) is 5.91 Å². The van der Waals surface area contributed by atoms with Crippen LogP contribution < -0.4 is 11.1 Å². The summed E-state index contributed by atoms with van der Waals surface area (Å²) in [6.07, 6.45) is 0. The summed E-state index contributed by atoms with van der Waals surface area (Å²) < 4.78 is 1.87. The molecule has 0 bridgehead atoms. The van der Waals surface area contributed by atoms with Crippen molar-refractivity contribution in [2.45, 2.75) is 17.3 Å². The van der Waals surface area contributed by atoms with Crippen molar-refractivity contribution in [2.75, 3.05) is 11.5 Å². The van der Waals surface area contributed by atoms with E-state index in [9.17, 15) is 9.90 Å². The molecule has 1 amide bonds. The van der Waals surface area contributed by atoms with Crippen molar-refractivity contribution in [3.05, 3.63) is 48.0 Å². The highest BCUT2D eigenvalue weighted by atomic mass is 32.2. The van der Waals surface area contributed by atoms with Gasteiger partial charge in [-0.25, -0.2) is 4.98 Å². The molecule has 2 aromatic carbocycles. The number of hydrogen-bond donors (Lipinski definition) is 3. The fourth-order valence-electron chi connectivity index (χ4n) is 2.24. The molecule has 124 valence electrons. The number of phenolic OH excluding ortho intramolecular Hbond substituents is 1. The number of amides is 1. The third-order valence-electron chi connectivity index (χ3n) is 3.49. The smallest absolute Gasteiger partial charge is 0.230 e. The summed E-state index contributed by atoms with van der Waals surface area (Å²) in [6, 6.07) is 12.3. The molecular formula is C17H17N3O2S2. The molecule has 0 spiro atoms. The van der Waals surface area contributed by atoms with Crippen molar-refractivity contribution in [1.29, 1.82) is 0 Å². The van der Waals surface area contributed by atoms with Gasteiger partial charge in [-0.3, -0.25) is 4.79 Å². The number of nitrogens with one attached hydrogen (secondary N) is 1. The van der Waals surface area contributed by atoms with E-state index in [0.717, 1.165) is 20.1 Å². The number of carbonyl (C=O) groups excluding carboxylic acids is 1. The van der Waals surface area contributed by atoms with Crippen molar-refractivity contribution >= 4 is 44.9 Å². The first-order valence-corrected chi connectivity index (χ1v) is 9.18. The zero-order valence-corrected chi connectivity index (χ0v) is 14.7. The number of carbonyl (C=O) groups is 1. The summed E-state index contributed by atoms with van der Waals surface area (Å²) in [5.74, 6) is 0.459. The Morgan fingerprint density at radius 1 is 1.33 bits per heavy atom. The average molecular weight is 359 g/mol. The molecule has 1 heterocycles. The Hall–Kier alpha value is -2.25. The molecule has 3 aromatic rings. The van der Waals surface area contributed by atoms with Gasteiger partial charge < -0.3 is 16.2 Å². The molecule has 4 N–H and O–H groups in total. The molecule has 3 rings (SSSR count). The lowest BCUT2D eigenvalue weighted by atomic mass is 10.1. The van der Waals surface area contributed by atoms with Crippen LogP contribution in [0, 0.1) is 0 Å². The lowest BCUT2D eigenvalue weighted by Gasteiger charge is -2.14. The third-order valence-corrected chi connectivity index (χ3v) is 5.65. The molecule has 0 aliphatic rings. The third kappa shape index (κ3) is 3.98. The van der Waals surface area contributed by atoms with E-state index in [1.165, 1.54) is 23.1 Å². The van der Waals surface area contributed by atoms with Crippen LogP contribution in [0.15, 0.2) is 46.8 Å². The van der Waals surface area contributed by atoms with Crippen LogP contribution in [0.5, 0.6) is 5.75 Å². The van der Waals surface area contributed by atoms with Crippen molar-refractivity contribution < 1.29 is 9.90 Å². The summed E-state index contributed by atoms with van der Waals surface area (Å²) in [6.45, 7) is 1.91. The maximum atomic E-state index is 12.1. The number of hydrogen-bond acceptors (Lipinski definition) is 6. The van der Waals surface area contributed by atoms with Crippen LogP contribution in [-0.2, 0) is 4.79 Å². The molecule has 24 heavy (non-hydrogen) atoms. The number of nitrogens with two attached hydrogens (primary N) is 1. The average Bonchev–Trinajstić information content (AvgIpc) is 2.95. The van der Waals surface area contributed by atoms with Crippen LogP contribution in [0.3, 0.4) is 0 Å². The molecule has 0 saturated carbocycles. The normalized spacial score (nSPS) is 12.2. The Morgan fingerprint density at radius 2 is 2.08 bits per heavy atom.